The molecule has 2 N–H and O–H groups in total. The predicted molar refractivity (Wildman–Crippen MR) is 113 cm³/mol. The molecule has 160 valence electrons. The van der Waals surface area contributed by atoms with Crippen LogP contribution in [0.4, 0.5) is 14.9 Å². The monoisotopic (exact) mass is 434 g/mol. The summed E-state index contributed by atoms with van der Waals surface area (Å²) in [6.07, 6.45) is -2.37. The number of rotatable bonds is 6. The SMILES string of the molecule is C[C@H](OC(=O)NC(C)(C)C)C(=O)Cc1c(F)ccc(Cl)c1C(=O)Nc1ccccc1. The molecule has 0 aromatic heterocycles. The van der Waals surface area contributed by atoms with Gasteiger partial charge in [-0.15, -0.1) is 0 Å². The van der Waals surface area contributed by atoms with Crippen molar-refractivity contribution in [2.75, 3.05) is 5.32 Å². The molecular formula is C22H24ClFN2O4. The van der Waals surface area contributed by atoms with Gasteiger partial charge in [0.05, 0.1) is 10.6 Å². The summed E-state index contributed by atoms with van der Waals surface area (Å²) in [4.78, 5) is 37.2. The van der Waals surface area contributed by atoms with E-state index in [1.165, 1.54) is 13.0 Å². The minimum atomic E-state index is -1.14. The Hall–Kier alpha value is -2.93. The first-order chi connectivity index (χ1) is 14.0. The number of ether oxygens (including phenoxy) is 1. The molecule has 0 aliphatic heterocycles. The third-order valence-corrected chi connectivity index (χ3v) is 4.34. The highest BCUT2D eigenvalue weighted by atomic mass is 35.5. The summed E-state index contributed by atoms with van der Waals surface area (Å²) in [6.45, 7) is 6.68. The average Bonchev–Trinajstić information content (AvgIpc) is 2.63. The quantitative estimate of drug-likeness (QED) is 0.686. The summed E-state index contributed by atoms with van der Waals surface area (Å²) in [5, 5.41) is 5.21. The average molecular weight is 435 g/mol. The predicted octanol–water partition coefficient (Wildman–Crippen LogP) is 4.76. The van der Waals surface area contributed by atoms with Crippen LogP contribution in [0.15, 0.2) is 42.5 Å². The number of ketones is 1. The van der Waals surface area contributed by atoms with Gasteiger partial charge >= 0.3 is 6.09 Å². The van der Waals surface area contributed by atoms with Gasteiger partial charge in [-0.05, 0) is 52.0 Å². The lowest BCUT2D eigenvalue weighted by atomic mass is 9.99. The Morgan fingerprint density at radius 1 is 1.10 bits per heavy atom. The van der Waals surface area contributed by atoms with E-state index >= 15 is 0 Å². The van der Waals surface area contributed by atoms with E-state index in [0.29, 0.717) is 5.69 Å². The van der Waals surface area contributed by atoms with Gasteiger partial charge in [0.15, 0.2) is 11.9 Å². The molecule has 1 atom stereocenters. The lowest BCUT2D eigenvalue weighted by Crippen LogP contribution is -2.43. The third-order valence-electron chi connectivity index (χ3n) is 4.03. The Bertz CT molecular complexity index is 942. The number of nitrogens with one attached hydrogen (secondary N) is 2. The minimum absolute atomic E-state index is 0.00618. The number of Topliss-reactive ketones (excluding diaryl/α,β-unsaturated/α-hetero) is 1. The fourth-order valence-corrected chi connectivity index (χ4v) is 2.87. The van der Waals surface area contributed by atoms with Crippen molar-refractivity contribution in [1.82, 2.24) is 5.32 Å². The maximum Gasteiger partial charge on any atom is 0.408 e. The van der Waals surface area contributed by atoms with E-state index in [-0.39, 0.29) is 16.1 Å². The van der Waals surface area contributed by atoms with Crippen molar-refractivity contribution < 1.29 is 23.5 Å². The van der Waals surface area contributed by atoms with Gasteiger partial charge in [-0.1, -0.05) is 29.8 Å². The van der Waals surface area contributed by atoms with E-state index in [0.717, 1.165) is 6.07 Å². The normalized spacial score (nSPS) is 12.1. The first-order valence-corrected chi connectivity index (χ1v) is 9.70. The number of hydrogen-bond donors (Lipinski definition) is 2. The van der Waals surface area contributed by atoms with Gasteiger partial charge in [0.1, 0.15) is 5.82 Å². The van der Waals surface area contributed by atoms with Gasteiger partial charge in [0.2, 0.25) is 0 Å². The Morgan fingerprint density at radius 3 is 2.33 bits per heavy atom. The second-order valence-electron chi connectivity index (χ2n) is 7.77. The van der Waals surface area contributed by atoms with E-state index in [1.807, 2.05) is 0 Å². The zero-order chi connectivity index (χ0) is 22.5. The number of benzene rings is 2. The van der Waals surface area contributed by atoms with Crippen LogP contribution in [-0.4, -0.2) is 29.4 Å². The van der Waals surface area contributed by atoms with Gasteiger partial charge < -0.3 is 15.4 Å². The summed E-state index contributed by atoms with van der Waals surface area (Å²) in [5.41, 5.74) is -0.342. The molecule has 0 saturated heterocycles. The van der Waals surface area contributed by atoms with Crippen LogP contribution in [0.3, 0.4) is 0 Å². The second kappa shape index (κ2) is 9.71. The highest BCUT2D eigenvalue weighted by molar-refractivity contribution is 6.34. The van der Waals surface area contributed by atoms with Crippen molar-refractivity contribution in [2.45, 2.75) is 45.8 Å². The molecule has 2 amide bonds. The second-order valence-corrected chi connectivity index (χ2v) is 8.18. The molecule has 0 heterocycles. The minimum Gasteiger partial charge on any atom is -0.439 e. The topological polar surface area (TPSA) is 84.5 Å². The zero-order valence-corrected chi connectivity index (χ0v) is 18.0. The number of alkyl carbamates (subject to hydrolysis) is 1. The Balaban J connectivity index is 2.20. The van der Waals surface area contributed by atoms with Crippen molar-refractivity contribution in [3.63, 3.8) is 0 Å². The molecule has 6 nitrogen and oxygen atoms in total. The largest absolute Gasteiger partial charge is 0.439 e. The molecular weight excluding hydrogens is 411 g/mol. The van der Waals surface area contributed by atoms with Crippen LogP contribution in [-0.2, 0) is 16.0 Å². The molecule has 2 aromatic rings. The van der Waals surface area contributed by atoms with Crippen LogP contribution >= 0.6 is 11.6 Å². The summed E-state index contributed by atoms with van der Waals surface area (Å²) in [5.74, 6) is -1.97. The van der Waals surface area contributed by atoms with E-state index < -0.39 is 41.7 Å². The molecule has 0 bridgehead atoms. The van der Waals surface area contributed by atoms with Crippen molar-refractivity contribution in [3.8, 4) is 0 Å². The molecule has 2 rings (SSSR count). The van der Waals surface area contributed by atoms with Crippen LogP contribution in [0.5, 0.6) is 0 Å². The number of halogens is 2. The van der Waals surface area contributed by atoms with Gasteiger partial charge in [0, 0.05) is 23.2 Å². The maximum absolute atomic E-state index is 14.5. The number of carbonyl (C=O) groups is 3. The molecule has 0 fully saturated rings. The fraction of sp³-hybridized carbons (Fsp3) is 0.318. The van der Waals surface area contributed by atoms with Crippen molar-refractivity contribution in [2.24, 2.45) is 0 Å². The van der Waals surface area contributed by atoms with Crippen molar-refractivity contribution in [1.29, 1.82) is 0 Å². The van der Waals surface area contributed by atoms with Crippen LogP contribution in [0.1, 0.15) is 43.6 Å². The van der Waals surface area contributed by atoms with Crippen molar-refractivity contribution in [3.05, 3.63) is 64.4 Å². The molecule has 0 radical (unpaired) electrons. The summed E-state index contributed by atoms with van der Waals surface area (Å²) in [7, 11) is 0. The first-order valence-electron chi connectivity index (χ1n) is 9.32. The molecule has 30 heavy (non-hydrogen) atoms. The lowest BCUT2D eigenvalue weighted by Gasteiger charge is -2.22. The Kier molecular flexibility index (Phi) is 7.56. The lowest BCUT2D eigenvalue weighted by molar-refractivity contribution is -0.125. The maximum atomic E-state index is 14.5. The van der Waals surface area contributed by atoms with E-state index in [4.69, 9.17) is 16.3 Å². The summed E-state index contributed by atoms with van der Waals surface area (Å²) < 4.78 is 19.6. The fourth-order valence-electron chi connectivity index (χ4n) is 2.61. The molecule has 2 aromatic carbocycles. The smallest absolute Gasteiger partial charge is 0.408 e. The van der Waals surface area contributed by atoms with E-state index in [2.05, 4.69) is 10.6 Å². The van der Waals surface area contributed by atoms with Crippen LogP contribution in [0.25, 0.3) is 0 Å². The van der Waals surface area contributed by atoms with E-state index in [9.17, 15) is 18.8 Å². The molecule has 0 aliphatic carbocycles. The number of hydrogen-bond acceptors (Lipinski definition) is 4. The Morgan fingerprint density at radius 2 is 1.73 bits per heavy atom. The zero-order valence-electron chi connectivity index (χ0n) is 17.2. The number of para-hydroxylation sites is 1. The number of anilines is 1. The molecule has 0 unspecified atom stereocenters. The summed E-state index contributed by atoms with van der Waals surface area (Å²) in [6, 6.07) is 10.9. The van der Waals surface area contributed by atoms with Crippen LogP contribution in [0.2, 0.25) is 5.02 Å². The molecule has 0 spiro atoms. The number of amides is 2. The molecule has 0 saturated carbocycles. The van der Waals surface area contributed by atoms with Gasteiger partial charge in [-0.3, -0.25) is 9.59 Å². The Labute approximate surface area is 179 Å². The van der Waals surface area contributed by atoms with Crippen molar-refractivity contribution >= 4 is 35.1 Å². The first kappa shape index (κ1) is 23.3. The van der Waals surface area contributed by atoms with Gasteiger partial charge in [-0.2, -0.15) is 0 Å². The van der Waals surface area contributed by atoms with Gasteiger partial charge in [-0.25, -0.2) is 9.18 Å². The third kappa shape index (κ3) is 6.56. The highest BCUT2D eigenvalue weighted by Gasteiger charge is 2.26. The summed E-state index contributed by atoms with van der Waals surface area (Å²) >= 11 is 6.15. The highest BCUT2D eigenvalue weighted by Crippen LogP contribution is 2.25. The van der Waals surface area contributed by atoms with E-state index in [1.54, 1.807) is 51.1 Å². The molecule has 8 heteroatoms. The number of carbonyl (C=O) groups excluding carboxylic acids is 3. The standard InChI is InChI=1S/C22H24ClFN2O4/c1-13(30-21(29)26-22(2,3)4)18(27)12-15-17(24)11-10-16(23)19(15)20(28)25-14-8-6-5-7-9-14/h5-11,13H,12H2,1-4H3,(H,25,28)(H,26,29)/t13-/m0/s1. The van der Waals surface area contributed by atoms with Crippen LogP contribution in [0, 0.1) is 5.82 Å². The van der Waals surface area contributed by atoms with Gasteiger partial charge in [0.25, 0.3) is 5.91 Å². The molecule has 0 aliphatic rings. The van der Waals surface area contributed by atoms with Crippen LogP contribution < -0.4 is 10.6 Å².